The molecule has 3 N–H and O–H groups in total. The van der Waals surface area contributed by atoms with Gasteiger partial charge in [0, 0.05) is 12.0 Å². The van der Waals surface area contributed by atoms with E-state index in [0.717, 1.165) is 25.7 Å². The van der Waals surface area contributed by atoms with Gasteiger partial charge in [0.2, 0.25) is 0 Å². The molecular formula is C18H19N5O3. The van der Waals surface area contributed by atoms with E-state index in [0.29, 0.717) is 22.9 Å². The highest BCUT2D eigenvalue weighted by Gasteiger charge is 2.25. The molecule has 0 atom stereocenters. The number of ether oxygens (including phenoxy) is 1. The van der Waals surface area contributed by atoms with Crippen molar-refractivity contribution in [2.75, 3.05) is 7.11 Å². The molecule has 1 fully saturated rings. The van der Waals surface area contributed by atoms with Gasteiger partial charge in [0.15, 0.2) is 11.3 Å². The van der Waals surface area contributed by atoms with Crippen LogP contribution in [0.4, 0.5) is 0 Å². The van der Waals surface area contributed by atoms with Crippen LogP contribution in [-0.2, 0) is 0 Å². The van der Waals surface area contributed by atoms with Crippen LogP contribution in [0.3, 0.4) is 0 Å². The third-order valence-electron chi connectivity index (χ3n) is 4.82. The van der Waals surface area contributed by atoms with Gasteiger partial charge in [0.25, 0.3) is 5.91 Å². The lowest BCUT2D eigenvalue weighted by molar-refractivity contribution is 0.0996. The van der Waals surface area contributed by atoms with E-state index in [1.807, 2.05) is 0 Å². The topological polar surface area (TPSA) is 116 Å². The quantitative estimate of drug-likeness (QED) is 0.743. The summed E-state index contributed by atoms with van der Waals surface area (Å²) in [6.45, 7) is 0. The molecule has 1 amide bonds. The maximum absolute atomic E-state index is 12.6. The summed E-state index contributed by atoms with van der Waals surface area (Å²) in [7, 11) is 1.56. The van der Waals surface area contributed by atoms with Crippen LogP contribution in [0.5, 0.6) is 5.75 Å². The molecule has 1 saturated carbocycles. The lowest BCUT2D eigenvalue weighted by Crippen LogP contribution is -2.17. The third kappa shape index (κ3) is 2.63. The maximum Gasteiger partial charge on any atom is 0.332 e. The molecule has 1 aromatic carbocycles. The zero-order valence-corrected chi connectivity index (χ0v) is 14.4. The number of methoxy groups -OCH3 is 1. The second-order valence-corrected chi connectivity index (χ2v) is 6.44. The minimum Gasteiger partial charge on any atom is -0.497 e. The van der Waals surface area contributed by atoms with E-state index in [-0.39, 0.29) is 17.1 Å². The number of benzene rings is 1. The lowest BCUT2D eigenvalue weighted by atomic mass is 10.1. The molecule has 0 aliphatic heterocycles. The molecule has 134 valence electrons. The van der Waals surface area contributed by atoms with Crippen molar-refractivity contribution in [3.05, 3.63) is 46.3 Å². The van der Waals surface area contributed by atoms with Crippen molar-refractivity contribution in [1.82, 2.24) is 19.5 Å². The Morgan fingerprint density at radius 1 is 1.31 bits per heavy atom. The van der Waals surface area contributed by atoms with Crippen molar-refractivity contribution in [2.24, 2.45) is 5.73 Å². The Kier molecular flexibility index (Phi) is 3.95. The number of nitrogens with zero attached hydrogens (tertiary/aromatic N) is 3. The van der Waals surface area contributed by atoms with Gasteiger partial charge in [0.1, 0.15) is 17.1 Å². The highest BCUT2D eigenvalue weighted by Crippen LogP contribution is 2.33. The van der Waals surface area contributed by atoms with Crippen LogP contribution in [0.25, 0.3) is 16.9 Å². The first kappa shape index (κ1) is 16.3. The van der Waals surface area contributed by atoms with Crippen molar-refractivity contribution < 1.29 is 9.53 Å². The number of carbonyl (C=O) groups is 1. The van der Waals surface area contributed by atoms with E-state index in [1.54, 1.807) is 31.4 Å². The summed E-state index contributed by atoms with van der Waals surface area (Å²) in [6.07, 6.45) is 4.15. The first-order chi connectivity index (χ1) is 12.6. The number of H-pyrrole nitrogens is 1. The average Bonchev–Trinajstić information content (AvgIpc) is 3.27. The van der Waals surface area contributed by atoms with Crippen LogP contribution in [0.15, 0.2) is 29.1 Å². The third-order valence-corrected chi connectivity index (χ3v) is 4.82. The number of nitrogens with two attached hydrogens (primary N) is 1. The molecule has 0 unspecified atom stereocenters. The molecule has 8 nitrogen and oxygen atoms in total. The standard InChI is InChI=1S/C18H19N5O3/c1-26-12-8-4-7-11(9-12)23-17-14(21-18(23)25)13(15(19)24)20-16(22-17)10-5-2-3-6-10/h4,7-10H,2-3,5-6H2,1H3,(H2,19,24)(H,21,25). The second-order valence-electron chi connectivity index (χ2n) is 6.44. The molecule has 0 bridgehead atoms. The number of nitrogens with one attached hydrogen (secondary N) is 1. The Morgan fingerprint density at radius 2 is 2.08 bits per heavy atom. The normalized spacial score (nSPS) is 14.8. The minimum atomic E-state index is -0.685. The van der Waals surface area contributed by atoms with Crippen LogP contribution in [0.1, 0.15) is 47.9 Å². The number of rotatable bonds is 4. The van der Waals surface area contributed by atoms with Crippen LogP contribution in [0.2, 0.25) is 0 Å². The zero-order chi connectivity index (χ0) is 18.3. The van der Waals surface area contributed by atoms with Crippen molar-refractivity contribution in [2.45, 2.75) is 31.6 Å². The first-order valence-electron chi connectivity index (χ1n) is 8.55. The molecular weight excluding hydrogens is 334 g/mol. The molecule has 2 heterocycles. The Labute approximate surface area is 149 Å². The van der Waals surface area contributed by atoms with E-state index in [1.165, 1.54) is 4.57 Å². The lowest BCUT2D eigenvalue weighted by Gasteiger charge is -2.10. The Bertz CT molecular complexity index is 1050. The number of amides is 1. The van der Waals surface area contributed by atoms with Crippen LogP contribution >= 0.6 is 0 Å². The molecule has 3 aromatic rings. The number of aromatic amines is 1. The molecule has 26 heavy (non-hydrogen) atoms. The summed E-state index contributed by atoms with van der Waals surface area (Å²) in [5.74, 6) is 0.681. The highest BCUT2D eigenvalue weighted by atomic mass is 16.5. The number of hydrogen-bond acceptors (Lipinski definition) is 5. The summed E-state index contributed by atoms with van der Waals surface area (Å²) >= 11 is 0. The van der Waals surface area contributed by atoms with Crippen molar-refractivity contribution in [3.8, 4) is 11.4 Å². The summed E-state index contributed by atoms with van der Waals surface area (Å²) < 4.78 is 6.66. The van der Waals surface area contributed by atoms with Gasteiger partial charge in [0.05, 0.1) is 12.8 Å². The number of carbonyl (C=O) groups excluding carboxylic acids is 1. The predicted octanol–water partition coefficient (Wildman–Crippen LogP) is 1.87. The number of hydrogen-bond donors (Lipinski definition) is 2. The van der Waals surface area contributed by atoms with Gasteiger partial charge < -0.3 is 15.5 Å². The molecule has 0 radical (unpaired) electrons. The van der Waals surface area contributed by atoms with Crippen molar-refractivity contribution in [1.29, 1.82) is 0 Å². The smallest absolute Gasteiger partial charge is 0.332 e. The first-order valence-corrected chi connectivity index (χ1v) is 8.55. The highest BCUT2D eigenvalue weighted by molar-refractivity contribution is 6.01. The molecule has 2 aromatic heterocycles. The summed E-state index contributed by atoms with van der Waals surface area (Å²) in [6, 6.07) is 7.08. The Balaban J connectivity index is 1.99. The summed E-state index contributed by atoms with van der Waals surface area (Å²) in [4.78, 5) is 36.2. The van der Waals surface area contributed by atoms with Crippen molar-refractivity contribution >= 4 is 17.1 Å². The summed E-state index contributed by atoms with van der Waals surface area (Å²) in [5, 5.41) is 0. The van der Waals surface area contributed by atoms with Gasteiger partial charge >= 0.3 is 5.69 Å². The van der Waals surface area contributed by atoms with Crippen LogP contribution in [-0.4, -0.2) is 32.5 Å². The largest absolute Gasteiger partial charge is 0.497 e. The van der Waals surface area contributed by atoms with Gasteiger partial charge in [-0.3, -0.25) is 4.79 Å². The van der Waals surface area contributed by atoms with E-state index >= 15 is 0 Å². The number of primary amides is 1. The van der Waals surface area contributed by atoms with Gasteiger partial charge in [-0.2, -0.15) is 0 Å². The fraction of sp³-hybridized carbons (Fsp3) is 0.333. The van der Waals surface area contributed by atoms with E-state index in [2.05, 4.69) is 15.0 Å². The number of aromatic nitrogens is 4. The Hall–Kier alpha value is -3.16. The zero-order valence-electron chi connectivity index (χ0n) is 14.4. The molecule has 4 rings (SSSR count). The molecule has 0 saturated heterocycles. The van der Waals surface area contributed by atoms with Gasteiger partial charge in [-0.25, -0.2) is 19.3 Å². The van der Waals surface area contributed by atoms with E-state index in [9.17, 15) is 9.59 Å². The van der Waals surface area contributed by atoms with Gasteiger partial charge in [-0.15, -0.1) is 0 Å². The second kappa shape index (κ2) is 6.29. The average molecular weight is 353 g/mol. The maximum atomic E-state index is 12.6. The molecule has 1 aliphatic rings. The van der Waals surface area contributed by atoms with Gasteiger partial charge in [-0.1, -0.05) is 18.9 Å². The molecule has 8 heteroatoms. The number of fused-ring (bicyclic) bond motifs is 1. The fourth-order valence-electron chi connectivity index (χ4n) is 3.54. The van der Waals surface area contributed by atoms with Gasteiger partial charge in [-0.05, 0) is 25.0 Å². The fourth-order valence-corrected chi connectivity index (χ4v) is 3.54. The van der Waals surface area contributed by atoms with E-state index < -0.39 is 11.6 Å². The summed E-state index contributed by atoms with van der Waals surface area (Å²) in [5.41, 5.74) is 6.36. The van der Waals surface area contributed by atoms with E-state index in [4.69, 9.17) is 10.5 Å². The minimum absolute atomic E-state index is 0.0515. The number of imidazole rings is 1. The SMILES string of the molecule is COc1cccc(-n2c(=O)[nH]c3c(C(N)=O)nc(C4CCCC4)nc32)c1. The predicted molar refractivity (Wildman–Crippen MR) is 95.8 cm³/mol. The van der Waals surface area contributed by atoms with Crippen molar-refractivity contribution in [3.63, 3.8) is 0 Å². The van der Waals surface area contributed by atoms with Crippen LogP contribution in [0, 0.1) is 0 Å². The van der Waals surface area contributed by atoms with Crippen LogP contribution < -0.4 is 16.2 Å². The molecule has 1 aliphatic carbocycles. The Morgan fingerprint density at radius 3 is 2.77 bits per heavy atom. The molecule has 0 spiro atoms. The monoisotopic (exact) mass is 353 g/mol.